The first kappa shape index (κ1) is 20.9. The maximum atomic E-state index is 12.5. The van der Waals surface area contributed by atoms with Crippen LogP contribution in [0.4, 0.5) is 0 Å². The molecular formula is C26H34N2O2. The lowest BCUT2D eigenvalue weighted by Gasteiger charge is -2.32. The molecule has 1 N–H and O–H groups in total. The average Bonchev–Trinajstić information content (AvgIpc) is 2.81. The number of carbonyl (C=O) groups is 1. The first-order valence-corrected chi connectivity index (χ1v) is 11.6. The van der Waals surface area contributed by atoms with Gasteiger partial charge in [-0.25, -0.2) is 0 Å². The molecule has 2 aromatic carbocycles. The molecule has 0 bridgehead atoms. The van der Waals surface area contributed by atoms with Gasteiger partial charge in [0, 0.05) is 19.0 Å². The second-order valence-corrected chi connectivity index (χ2v) is 8.86. The van der Waals surface area contributed by atoms with Crippen LogP contribution in [0.3, 0.4) is 0 Å². The highest BCUT2D eigenvalue weighted by Gasteiger charge is 2.25. The van der Waals surface area contributed by atoms with Crippen LogP contribution in [-0.2, 0) is 11.3 Å². The van der Waals surface area contributed by atoms with Crippen molar-refractivity contribution in [2.75, 3.05) is 19.6 Å². The lowest BCUT2D eigenvalue weighted by molar-refractivity contribution is -0.126. The minimum atomic E-state index is 0.187. The number of piperidine rings is 1. The summed E-state index contributed by atoms with van der Waals surface area (Å²) in [5.41, 5.74) is 1.29. The van der Waals surface area contributed by atoms with Crippen molar-refractivity contribution >= 4 is 5.91 Å². The number of amides is 1. The van der Waals surface area contributed by atoms with Gasteiger partial charge in [-0.1, -0.05) is 49.6 Å². The molecule has 0 atom stereocenters. The number of rotatable bonds is 7. The third-order valence-electron chi connectivity index (χ3n) is 6.56. The highest BCUT2D eigenvalue weighted by Crippen LogP contribution is 2.25. The molecule has 4 heteroatoms. The number of hydrogen-bond donors (Lipinski definition) is 1. The van der Waals surface area contributed by atoms with Crippen LogP contribution in [0.15, 0.2) is 54.6 Å². The fourth-order valence-electron chi connectivity index (χ4n) is 4.68. The summed E-state index contributed by atoms with van der Waals surface area (Å²) in [5.74, 6) is 2.89. The highest BCUT2D eigenvalue weighted by molar-refractivity contribution is 5.78. The van der Waals surface area contributed by atoms with E-state index < -0.39 is 0 Å². The Morgan fingerprint density at radius 3 is 2.23 bits per heavy atom. The van der Waals surface area contributed by atoms with Crippen molar-refractivity contribution in [3.63, 3.8) is 0 Å². The van der Waals surface area contributed by atoms with E-state index in [1.165, 1.54) is 37.7 Å². The van der Waals surface area contributed by atoms with Gasteiger partial charge in [-0.3, -0.25) is 9.69 Å². The molecule has 0 radical (unpaired) electrons. The molecule has 4 rings (SSSR count). The zero-order valence-electron chi connectivity index (χ0n) is 17.9. The molecule has 1 saturated heterocycles. The summed E-state index contributed by atoms with van der Waals surface area (Å²) in [6.07, 6.45) is 8.53. The summed E-state index contributed by atoms with van der Waals surface area (Å²) in [7, 11) is 0. The number of hydrogen-bond acceptors (Lipinski definition) is 3. The van der Waals surface area contributed by atoms with E-state index in [2.05, 4.69) is 22.3 Å². The summed E-state index contributed by atoms with van der Waals surface area (Å²) in [6, 6.07) is 18.2. The Balaban J connectivity index is 1.18. The molecule has 1 aliphatic heterocycles. The van der Waals surface area contributed by atoms with Crippen LogP contribution in [0.1, 0.15) is 50.5 Å². The van der Waals surface area contributed by atoms with E-state index in [-0.39, 0.29) is 11.8 Å². The van der Waals surface area contributed by atoms with Crippen LogP contribution in [-0.4, -0.2) is 30.4 Å². The Kier molecular flexibility index (Phi) is 7.41. The summed E-state index contributed by atoms with van der Waals surface area (Å²) in [5, 5.41) is 3.24. The summed E-state index contributed by atoms with van der Waals surface area (Å²) in [6.45, 7) is 3.80. The van der Waals surface area contributed by atoms with Crippen LogP contribution in [0.25, 0.3) is 0 Å². The van der Waals surface area contributed by atoms with Crippen molar-refractivity contribution < 1.29 is 9.53 Å². The largest absolute Gasteiger partial charge is 0.457 e. The zero-order chi connectivity index (χ0) is 20.6. The maximum Gasteiger partial charge on any atom is 0.223 e. The average molecular weight is 407 g/mol. The van der Waals surface area contributed by atoms with Crippen molar-refractivity contribution in [1.29, 1.82) is 0 Å². The smallest absolute Gasteiger partial charge is 0.223 e. The monoisotopic (exact) mass is 406 g/mol. The zero-order valence-corrected chi connectivity index (χ0v) is 17.9. The maximum absolute atomic E-state index is 12.5. The van der Waals surface area contributed by atoms with Gasteiger partial charge < -0.3 is 10.1 Å². The fourth-order valence-corrected chi connectivity index (χ4v) is 4.68. The van der Waals surface area contributed by atoms with E-state index >= 15 is 0 Å². The van der Waals surface area contributed by atoms with Gasteiger partial charge in [0.15, 0.2) is 0 Å². The molecule has 0 spiro atoms. The Labute approximate surface area is 180 Å². The van der Waals surface area contributed by atoms with Gasteiger partial charge in [0.25, 0.3) is 0 Å². The number of nitrogens with one attached hydrogen (secondary N) is 1. The van der Waals surface area contributed by atoms with Crippen LogP contribution < -0.4 is 10.1 Å². The van der Waals surface area contributed by atoms with E-state index in [1.807, 2.05) is 42.5 Å². The van der Waals surface area contributed by atoms with Gasteiger partial charge in [0.05, 0.1) is 0 Å². The number of carbonyl (C=O) groups excluding carboxylic acids is 1. The van der Waals surface area contributed by atoms with Gasteiger partial charge in [-0.2, -0.15) is 0 Å². The second-order valence-electron chi connectivity index (χ2n) is 8.86. The molecule has 1 amide bonds. The lowest BCUT2D eigenvalue weighted by atomic mass is 9.89. The Morgan fingerprint density at radius 1 is 0.867 bits per heavy atom. The van der Waals surface area contributed by atoms with E-state index in [0.29, 0.717) is 5.92 Å². The van der Waals surface area contributed by atoms with Crippen molar-refractivity contribution in [2.45, 2.75) is 51.5 Å². The van der Waals surface area contributed by atoms with E-state index in [4.69, 9.17) is 4.74 Å². The quantitative estimate of drug-likeness (QED) is 0.670. The molecule has 4 nitrogen and oxygen atoms in total. The number of nitrogens with zero attached hydrogens (tertiary/aromatic N) is 1. The van der Waals surface area contributed by atoms with E-state index in [0.717, 1.165) is 50.5 Å². The van der Waals surface area contributed by atoms with Crippen molar-refractivity contribution in [3.8, 4) is 11.5 Å². The van der Waals surface area contributed by atoms with Gasteiger partial charge in [-0.05, 0) is 74.5 Å². The van der Waals surface area contributed by atoms with Crippen LogP contribution in [0.5, 0.6) is 11.5 Å². The van der Waals surface area contributed by atoms with Gasteiger partial charge in [0.1, 0.15) is 11.5 Å². The second kappa shape index (κ2) is 10.6. The number of likely N-dealkylation sites (tertiary alicyclic amines) is 1. The van der Waals surface area contributed by atoms with Crippen LogP contribution in [0.2, 0.25) is 0 Å². The normalized spacial score (nSPS) is 18.8. The third-order valence-corrected chi connectivity index (χ3v) is 6.56. The summed E-state index contributed by atoms with van der Waals surface area (Å²) < 4.78 is 5.87. The van der Waals surface area contributed by atoms with Crippen molar-refractivity contribution in [1.82, 2.24) is 10.2 Å². The summed E-state index contributed by atoms with van der Waals surface area (Å²) >= 11 is 0. The molecule has 160 valence electrons. The van der Waals surface area contributed by atoms with Crippen LogP contribution >= 0.6 is 0 Å². The molecule has 1 heterocycles. The number of para-hydroxylation sites is 1. The van der Waals surface area contributed by atoms with Gasteiger partial charge >= 0.3 is 0 Å². The van der Waals surface area contributed by atoms with E-state index in [1.54, 1.807) is 0 Å². The number of benzene rings is 2. The molecule has 2 fully saturated rings. The molecule has 2 aliphatic rings. The Hall–Kier alpha value is -2.33. The van der Waals surface area contributed by atoms with Crippen molar-refractivity contribution in [3.05, 3.63) is 60.2 Å². The van der Waals surface area contributed by atoms with Crippen LogP contribution in [0, 0.1) is 11.8 Å². The molecule has 30 heavy (non-hydrogen) atoms. The molecular weight excluding hydrogens is 372 g/mol. The Bertz CT molecular complexity index is 776. The minimum absolute atomic E-state index is 0.187. The minimum Gasteiger partial charge on any atom is -0.457 e. The standard InChI is InChI=1S/C26H34N2O2/c29-26(27-19-21-7-3-1-4-8-21)23-15-17-28(18-16-23)20-22-11-13-25(14-12-22)30-24-9-5-2-6-10-24/h2,5-6,9-14,21,23H,1,3-4,7-8,15-20H2,(H,27,29). The first-order valence-electron chi connectivity index (χ1n) is 11.6. The van der Waals surface area contributed by atoms with Crippen molar-refractivity contribution in [2.24, 2.45) is 11.8 Å². The van der Waals surface area contributed by atoms with Gasteiger partial charge in [-0.15, -0.1) is 0 Å². The SMILES string of the molecule is O=C(NCC1CCCCC1)C1CCN(Cc2ccc(Oc3ccccc3)cc2)CC1. The molecule has 0 aromatic heterocycles. The summed E-state index contributed by atoms with van der Waals surface area (Å²) in [4.78, 5) is 15.0. The topological polar surface area (TPSA) is 41.6 Å². The molecule has 0 unspecified atom stereocenters. The van der Waals surface area contributed by atoms with Gasteiger partial charge in [0.2, 0.25) is 5.91 Å². The predicted octanol–water partition coefficient (Wildman–Crippen LogP) is 5.39. The third kappa shape index (κ3) is 6.09. The predicted molar refractivity (Wildman–Crippen MR) is 121 cm³/mol. The highest BCUT2D eigenvalue weighted by atomic mass is 16.5. The molecule has 1 saturated carbocycles. The Morgan fingerprint density at radius 2 is 1.53 bits per heavy atom. The fraction of sp³-hybridized carbons (Fsp3) is 0.500. The lowest BCUT2D eigenvalue weighted by Crippen LogP contribution is -2.41. The first-order chi connectivity index (χ1) is 14.8. The molecule has 1 aliphatic carbocycles. The van der Waals surface area contributed by atoms with E-state index in [9.17, 15) is 4.79 Å². The molecule has 2 aromatic rings. The number of ether oxygens (including phenoxy) is 1.